The molecule has 0 aliphatic rings. The minimum atomic E-state index is -0.204. The molecule has 0 aliphatic heterocycles. The lowest BCUT2D eigenvalue weighted by Crippen LogP contribution is -2.15. The number of carbonyl (C=O) groups is 1. The maximum Gasteiger partial charge on any atom is 0.258 e. The summed E-state index contributed by atoms with van der Waals surface area (Å²) in [5.41, 5.74) is 7.13. The van der Waals surface area contributed by atoms with Gasteiger partial charge in [0.2, 0.25) is 5.95 Å². The third-order valence-electron chi connectivity index (χ3n) is 2.56. The predicted molar refractivity (Wildman–Crippen MR) is 68.2 cm³/mol. The van der Waals surface area contributed by atoms with Crippen molar-refractivity contribution in [3.05, 3.63) is 41.7 Å². The fourth-order valence-electron chi connectivity index (χ4n) is 1.62. The number of nitrogens with two attached hydrogens (primary N) is 1. The maximum atomic E-state index is 12.0. The van der Waals surface area contributed by atoms with Crippen LogP contribution in [0.4, 0.5) is 5.95 Å². The summed E-state index contributed by atoms with van der Waals surface area (Å²) in [7, 11) is 1.72. The van der Waals surface area contributed by atoms with E-state index in [1.54, 1.807) is 13.1 Å². The van der Waals surface area contributed by atoms with Crippen molar-refractivity contribution in [2.45, 2.75) is 6.42 Å². The summed E-state index contributed by atoms with van der Waals surface area (Å²) in [5, 5.41) is 6.58. The molecule has 1 heterocycles. The average molecular weight is 245 g/mol. The van der Waals surface area contributed by atoms with Crippen LogP contribution < -0.4 is 11.1 Å². The molecule has 1 aromatic heterocycles. The first-order valence-corrected chi connectivity index (χ1v) is 5.65. The highest BCUT2D eigenvalue weighted by Gasteiger charge is 2.09. The summed E-state index contributed by atoms with van der Waals surface area (Å²) in [6, 6.07) is 7.38. The zero-order chi connectivity index (χ0) is 13.0. The number of hydrogen-bond acceptors (Lipinski definition) is 4. The standard InChI is InChI=1S/C12H15N5O/c1-17-12(14-8-15-17)16-11(18)10-4-2-3-9(7-10)5-6-13/h2-4,7-8H,5-6,13H2,1H3,(H,14,15,16,18). The molecule has 3 N–H and O–H groups in total. The van der Waals surface area contributed by atoms with Crippen molar-refractivity contribution < 1.29 is 4.79 Å². The topological polar surface area (TPSA) is 85.8 Å². The molecular weight excluding hydrogens is 230 g/mol. The number of amides is 1. The number of benzene rings is 1. The molecule has 0 spiro atoms. The Balaban J connectivity index is 2.14. The zero-order valence-corrected chi connectivity index (χ0v) is 10.1. The molecule has 1 aromatic carbocycles. The van der Waals surface area contributed by atoms with Crippen molar-refractivity contribution >= 4 is 11.9 Å². The summed E-state index contributed by atoms with van der Waals surface area (Å²) in [6.45, 7) is 0.564. The Labute approximate surface area is 105 Å². The molecule has 6 nitrogen and oxygen atoms in total. The van der Waals surface area contributed by atoms with Crippen molar-refractivity contribution in [3.8, 4) is 0 Å². The van der Waals surface area contributed by atoms with E-state index in [0.29, 0.717) is 18.1 Å². The first kappa shape index (κ1) is 12.3. The monoisotopic (exact) mass is 245 g/mol. The number of hydrogen-bond donors (Lipinski definition) is 2. The van der Waals surface area contributed by atoms with Gasteiger partial charge in [0.1, 0.15) is 6.33 Å². The van der Waals surface area contributed by atoms with Gasteiger partial charge in [0.15, 0.2) is 0 Å². The van der Waals surface area contributed by atoms with E-state index in [-0.39, 0.29) is 5.91 Å². The highest BCUT2D eigenvalue weighted by molar-refractivity contribution is 6.03. The van der Waals surface area contributed by atoms with Crippen molar-refractivity contribution in [1.82, 2.24) is 14.8 Å². The first-order chi connectivity index (χ1) is 8.70. The Kier molecular flexibility index (Phi) is 3.69. The molecule has 0 aliphatic carbocycles. The summed E-state index contributed by atoms with van der Waals surface area (Å²) in [6.07, 6.45) is 2.14. The number of aryl methyl sites for hydroxylation is 1. The fourth-order valence-corrected chi connectivity index (χ4v) is 1.62. The normalized spacial score (nSPS) is 10.3. The molecule has 2 aromatic rings. The van der Waals surface area contributed by atoms with Crippen molar-refractivity contribution in [2.75, 3.05) is 11.9 Å². The van der Waals surface area contributed by atoms with Crippen molar-refractivity contribution in [1.29, 1.82) is 0 Å². The summed E-state index contributed by atoms with van der Waals surface area (Å²) in [4.78, 5) is 15.9. The fraction of sp³-hybridized carbons (Fsp3) is 0.250. The quantitative estimate of drug-likeness (QED) is 0.824. The second-order valence-corrected chi connectivity index (χ2v) is 3.90. The number of rotatable bonds is 4. The van der Waals surface area contributed by atoms with Gasteiger partial charge in [-0.05, 0) is 30.7 Å². The van der Waals surface area contributed by atoms with Gasteiger partial charge in [-0.1, -0.05) is 12.1 Å². The molecule has 0 unspecified atom stereocenters. The lowest BCUT2D eigenvalue weighted by molar-refractivity contribution is 0.102. The summed E-state index contributed by atoms with van der Waals surface area (Å²) in [5.74, 6) is 0.217. The molecule has 0 fully saturated rings. The van der Waals surface area contributed by atoms with Gasteiger partial charge in [-0.2, -0.15) is 10.1 Å². The van der Waals surface area contributed by atoms with Gasteiger partial charge in [-0.25, -0.2) is 4.68 Å². The van der Waals surface area contributed by atoms with E-state index in [1.165, 1.54) is 11.0 Å². The largest absolute Gasteiger partial charge is 0.330 e. The molecule has 0 radical (unpaired) electrons. The van der Waals surface area contributed by atoms with Crippen LogP contribution in [0.5, 0.6) is 0 Å². The summed E-state index contributed by atoms with van der Waals surface area (Å²) < 4.78 is 1.50. The molecule has 1 amide bonds. The molecular formula is C12H15N5O. The van der Waals surface area contributed by atoms with Crippen LogP contribution in [-0.2, 0) is 13.5 Å². The maximum absolute atomic E-state index is 12.0. The highest BCUT2D eigenvalue weighted by atomic mass is 16.1. The van der Waals surface area contributed by atoms with Gasteiger partial charge in [0.05, 0.1) is 0 Å². The molecule has 0 saturated heterocycles. The minimum Gasteiger partial charge on any atom is -0.330 e. The molecule has 2 rings (SSSR count). The predicted octanol–water partition coefficient (Wildman–Crippen LogP) is 0.569. The number of anilines is 1. The van der Waals surface area contributed by atoms with Crippen LogP contribution >= 0.6 is 0 Å². The van der Waals surface area contributed by atoms with Crippen LogP contribution in [0.15, 0.2) is 30.6 Å². The van der Waals surface area contributed by atoms with Crippen LogP contribution in [0.2, 0.25) is 0 Å². The Morgan fingerprint density at radius 2 is 2.33 bits per heavy atom. The Morgan fingerprint density at radius 1 is 1.50 bits per heavy atom. The second-order valence-electron chi connectivity index (χ2n) is 3.90. The Morgan fingerprint density at radius 3 is 3.00 bits per heavy atom. The van der Waals surface area contributed by atoms with Crippen molar-refractivity contribution in [3.63, 3.8) is 0 Å². The van der Waals surface area contributed by atoms with Crippen LogP contribution in [0.25, 0.3) is 0 Å². The van der Waals surface area contributed by atoms with Crippen molar-refractivity contribution in [2.24, 2.45) is 12.8 Å². The second kappa shape index (κ2) is 5.42. The zero-order valence-electron chi connectivity index (χ0n) is 10.1. The first-order valence-electron chi connectivity index (χ1n) is 5.65. The molecule has 0 saturated carbocycles. The van der Waals surface area contributed by atoms with Gasteiger partial charge in [-0.15, -0.1) is 0 Å². The number of aromatic nitrogens is 3. The highest BCUT2D eigenvalue weighted by Crippen LogP contribution is 2.08. The van der Waals surface area contributed by atoms with E-state index < -0.39 is 0 Å². The van der Waals surface area contributed by atoms with E-state index in [2.05, 4.69) is 15.4 Å². The lowest BCUT2D eigenvalue weighted by atomic mass is 10.1. The number of carbonyl (C=O) groups excluding carboxylic acids is 1. The summed E-state index contributed by atoms with van der Waals surface area (Å²) >= 11 is 0. The third-order valence-corrected chi connectivity index (χ3v) is 2.56. The van der Waals surface area contributed by atoms with Gasteiger partial charge >= 0.3 is 0 Å². The minimum absolute atomic E-state index is 0.204. The lowest BCUT2D eigenvalue weighted by Gasteiger charge is -2.05. The van der Waals surface area contributed by atoms with E-state index in [0.717, 1.165) is 12.0 Å². The molecule has 94 valence electrons. The van der Waals surface area contributed by atoms with Gasteiger partial charge < -0.3 is 5.73 Å². The smallest absolute Gasteiger partial charge is 0.258 e. The van der Waals surface area contributed by atoms with Gasteiger partial charge in [-0.3, -0.25) is 10.1 Å². The third kappa shape index (κ3) is 2.72. The Bertz CT molecular complexity index is 549. The molecule has 0 atom stereocenters. The number of nitrogens with zero attached hydrogens (tertiary/aromatic N) is 3. The van der Waals surface area contributed by atoms with Gasteiger partial charge in [0.25, 0.3) is 5.91 Å². The van der Waals surface area contributed by atoms with E-state index >= 15 is 0 Å². The Hall–Kier alpha value is -2.21. The van der Waals surface area contributed by atoms with Crippen LogP contribution in [0.1, 0.15) is 15.9 Å². The SMILES string of the molecule is Cn1ncnc1NC(=O)c1cccc(CCN)c1. The number of nitrogens with one attached hydrogen (secondary N) is 1. The van der Waals surface area contributed by atoms with E-state index in [4.69, 9.17) is 5.73 Å². The molecule has 6 heteroatoms. The van der Waals surface area contributed by atoms with Gasteiger partial charge in [0, 0.05) is 12.6 Å². The van der Waals surface area contributed by atoms with Crippen LogP contribution in [0.3, 0.4) is 0 Å². The average Bonchev–Trinajstić information content (AvgIpc) is 2.76. The molecule has 0 bridgehead atoms. The van der Waals surface area contributed by atoms with E-state index in [9.17, 15) is 4.79 Å². The van der Waals surface area contributed by atoms with E-state index in [1.807, 2.05) is 18.2 Å². The van der Waals surface area contributed by atoms with Crippen LogP contribution in [-0.4, -0.2) is 27.2 Å². The molecule has 18 heavy (non-hydrogen) atoms. The van der Waals surface area contributed by atoms with Crippen LogP contribution in [0, 0.1) is 0 Å².